The van der Waals surface area contributed by atoms with Gasteiger partial charge in [0.2, 0.25) is 5.75 Å². The predicted octanol–water partition coefficient (Wildman–Crippen LogP) is 3.47. The Hall–Kier alpha value is -2.94. The fourth-order valence-electron chi connectivity index (χ4n) is 2.05. The lowest BCUT2D eigenvalue weighted by Gasteiger charge is -2.15. The molecule has 0 aromatic heterocycles. The SMILES string of the molecule is COc1cc(Nc2cccc(F)c2C#N)cc(OC)c1OC. The Morgan fingerprint density at radius 2 is 1.68 bits per heavy atom. The van der Waals surface area contributed by atoms with Gasteiger partial charge in [-0.3, -0.25) is 0 Å². The summed E-state index contributed by atoms with van der Waals surface area (Å²) in [6.07, 6.45) is 0. The summed E-state index contributed by atoms with van der Waals surface area (Å²) in [4.78, 5) is 0. The molecule has 22 heavy (non-hydrogen) atoms. The largest absolute Gasteiger partial charge is 0.493 e. The molecule has 2 rings (SSSR count). The summed E-state index contributed by atoms with van der Waals surface area (Å²) in [5, 5.41) is 12.0. The van der Waals surface area contributed by atoms with Crippen molar-refractivity contribution < 1.29 is 18.6 Å². The first-order chi connectivity index (χ1) is 10.6. The van der Waals surface area contributed by atoms with E-state index in [1.807, 2.05) is 6.07 Å². The number of nitriles is 1. The first-order valence-electron chi connectivity index (χ1n) is 6.40. The Bertz CT molecular complexity index is 701. The first-order valence-corrected chi connectivity index (χ1v) is 6.40. The molecule has 114 valence electrons. The minimum absolute atomic E-state index is 0.0590. The van der Waals surface area contributed by atoms with Crippen molar-refractivity contribution in [2.45, 2.75) is 0 Å². The van der Waals surface area contributed by atoms with Crippen molar-refractivity contribution in [1.29, 1.82) is 5.26 Å². The quantitative estimate of drug-likeness (QED) is 0.916. The molecule has 0 saturated heterocycles. The van der Waals surface area contributed by atoms with Gasteiger partial charge in [-0.2, -0.15) is 5.26 Å². The molecule has 5 nitrogen and oxygen atoms in total. The zero-order chi connectivity index (χ0) is 16.1. The van der Waals surface area contributed by atoms with Gasteiger partial charge in [0.25, 0.3) is 0 Å². The van der Waals surface area contributed by atoms with Crippen LogP contribution in [0.3, 0.4) is 0 Å². The highest BCUT2D eigenvalue weighted by atomic mass is 19.1. The van der Waals surface area contributed by atoms with Crippen LogP contribution in [0.5, 0.6) is 17.2 Å². The Morgan fingerprint density at radius 1 is 1.05 bits per heavy atom. The summed E-state index contributed by atoms with van der Waals surface area (Å²) in [6, 6.07) is 9.56. The predicted molar refractivity (Wildman–Crippen MR) is 80.5 cm³/mol. The van der Waals surface area contributed by atoms with Crippen LogP contribution in [-0.4, -0.2) is 21.3 Å². The Labute approximate surface area is 127 Å². The highest BCUT2D eigenvalue weighted by molar-refractivity contribution is 5.71. The second-order valence-corrected chi connectivity index (χ2v) is 4.31. The van der Waals surface area contributed by atoms with E-state index in [-0.39, 0.29) is 5.56 Å². The number of rotatable bonds is 5. The molecule has 0 spiro atoms. The van der Waals surface area contributed by atoms with E-state index in [0.717, 1.165) is 0 Å². The van der Waals surface area contributed by atoms with Crippen LogP contribution in [0.15, 0.2) is 30.3 Å². The number of anilines is 2. The molecule has 1 N–H and O–H groups in total. The smallest absolute Gasteiger partial charge is 0.203 e. The molecule has 0 atom stereocenters. The molecule has 0 aliphatic heterocycles. The van der Waals surface area contributed by atoms with Gasteiger partial charge in [0.05, 0.1) is 27.0 Å². The van der Waals surface area contributed by atoms with E-state index in [4.69, 9.17) is 19.5 Å². The summed E-state index contributed by atoms with van der Waals surface area (Å²) in [6.45, 7) is 0. The zero-order valence-electron chi connectivity index (χ0n) is 12.4. The van der Waals surface area contributed by atoms with E-state index < -0.39 is 5.82 Å². The van der Waals surface area contributed by atoms with Crippen LogP contribution < -0.4 is 19.5 Å². The van der Waals surface area contributed by atoms with Crippen molar-refractivity contribution >= 4 is 11.4 Å². The molecule has 0 fully saturated rings. The number of methoxy groups -OCH3 is 3. The summed E-state index contributed by atoms with van der Waals surface area (Å²) < 4.78 is 29.4. The fourth-order valence-corrected chi connectivity index (χ4v) is 2.05. The Kier molecular flexibility index (Phi) is 4.69. The lowest BCUT2D eigenvalue weighted by atomic mass is 10.1. The monoisotopic (exact) mass is 302 g/mol. The number of nitrogens with one attached hydrogen (secondary N) is 1. The second-order valence-electron chi connectivity index (χ2n) is 4.31. The van der Waals surface area contributed by atoms with E-state index in [2.05, 4.69) is 5.32 Å². The normalized spacial score (nSPS) is 9.77. The molecule has 0 aliphatic carbocycles. The standard InChI is InChI=1S/C16H15FN2O3/c1-20-14-7-10(8-15(21-2)16(14)22-3)19-13-6-4-5-12(17)11(13)9-18/h4-8,19H,1-3H3. The van der Waals surface area contributed by atoms with Crippen LogP contribution in [0.1, 0.15) is 5.56 Å². The highest BCUT2D eigenvalue weighted by Gasteiger charge is 2.14. The van der Waals surface area contributed by atoms with Crippen LogP contribution in [-0.2, 0) is 0 Å². The van der Waals surface area contributed by atoms with Gasteiger partial charge in [-0.1, -0.05) is 6.07 Å². The molecule has 0 heterocycles. The van der Waals surface area contributed by atoms with Gasteiger partial charge in [0.15, 0.2) is 11.5 Å². The van der Waals surface area contributed by atoms with Crippen LogP contribution >= 0.6 is 0 Å². The van der Waals surface area contributed by atoms with Crippen molar-refractivity contribution in [3.05, 3.63) is 41.7 Å². The first kappa shape index (κ1) is 15.4. The van der Waals surface area contributed by atoms with E-state index >= 15 is 0 Å². The number of nitrogens with zero attached hydrogens (tertiary/aromatic N) is 1. The lowest BCUT2D eigenvalue weighted by molar-refractivity contribution is 0.324. The van der Waals surface area contributed by atoms with Gasteiger partial charge in [0.1, 0.15) is 17.4 Å². The second kappa shape index (κ2) is 6.68. The zero-order valence-corrected chi connectivity index (χ0v) is 12.4. The third-order valence-electron chi connectivity index (χ3n) is 3.07. The van der Waals surface area contributed by atoms with Crippen LogP contribution in [0.25, 0.3) is 0 Å². The topological polar surface area (TPSA) is 63.5 Å². The van der Waals surface area contributed by atoms with Gasteiger partial charge in [-0.05, 0) is 12.1 Å². The molecule has 0 unspecified atom stereocenters. The maximum atomic E-state index is 13.6. The molecule has 0 aliphatic rings. The number of benzene rings is 2. The average Bonchev–Trinajstić information content (AvgIpc) is 2.54. The maximum absolute atomic E-state index is 13.6. The molecule has 0 bridgehead atoms. The molecule has 0 radical (unpaired) electrons. The fraction of sp³-hybridized carbons (Fsp3) is 0.188. The van der Waals surface area contributed by atoms with Crippen molar-refractivity contribution in [1.82, 2.24) is 0 Å². The molecular weight excluding hydrogens is 287 g/mol. The Morgan fingerprint density at radius 3 is 2.18 bits per heavy atom. The molecule has 6 heteroatoms. The molecule has 2 aromatic carbocycles. The summed E-state index contributed by atoms with van der Waals surface area (Å²) >= 11 is 0. The molecule has 2 aromatic rings. The molecule has 0 amide bonds. The van der Waals surface area contributed by atoms with Crippen molar-refractivity contribution in [2.24, 2.45) is 0 Å². The summed E-state index contributed by atoms with van der Waals surface area (Å²) in [5.74, 6) is 0.786. The van der Waals surface area contributed by atoms with Crippen LogP contribution in [0.4, 0.5) is 15.8 Å². The van der Waals surface area contributed by atoms with Gasteiger partial charge in [-0.15, -0.1) is 0 Å². The van der Waals surface area contributed by atoms with Crippen molar-refractivity contribution in [3.8, 4) is 23.3 Å². The molecular formula is C16H15FN2O3. The van der Waals surface area contributed by atoms with Crippen LogP contribution in [0.2, 0.25) is 0 Å². The maximum Gasteiger partial charge on any atom is 0.203 e. The van der Waals surface area contributed by atoms with Gasteiger partial charge >= 0.3 is 0 Å². The highest BCUT2D eigenvalue weighted by Crippen LogP contribution is 2.40. The molecule has 0 saturated carbocycles. The lowest BCUT2D eigenvalue weighted by Crippen LogP contribution is -1.99. The van der Waals surface area contributed by atoms with Crippen molar-refractivity contribution in [2.75, 3.05) is 26.6 Å². The van der Waals surface area contributed by atoms with E-state index in [9.17, 15) is 4.39 Å². The number of halogens is 1. The van der Waals surface area contributed by atoms with E-state index in [1.165, 1.54) is 33.5 Å². The Balaban J connectivity index is 2.47. The van der Waals surface area contributed by atoms with E-state index in [1.54, 1.807) is 18.2 Å². The third-order valence-corrected chi connectivity index (χ3v) is 3.07. The number of hydrogen-bond donors (Lipinski definition) is 1. The van der Waals surface area contributed by atoms with Crippen molar-refractivity contribution in [3.63, 3.8) is 0 Å². The van der Waals surface area contributed by atoms with Gasteiger partial charge in [0, 0.05) is 17.8 Å². The number of hydrogen-bond acceptors (Lipinski definition) is 5. The third kappa shape index (κ3) is 2.88. The van der Waals surface area contributed by atoms with Crippen LogP contribution in [0, 0.1) is 17.1 Å². The van der Waals surface area contributed by atoms with E-state index in [0.29, 0.717) is 28.6 Å². The summed E-state index contributed by atoms with van der Waals surface area (Å²) in [5.41, 5.74) is 0.879. The minimum atomic E-state index is -0.583. The number of ether oxygens (including phenoxy) is 3. The summed E-state index contributed by atoms with van der Waals surface area (Å²) in [7, 11) is 4.52. The minimum Gasteiger partial charge on any atom is -0.493 e. The van der Waals surface area contributed by atoms with Gasteiger partial charge in [-0.25, -0.2) is 4.39 Å². The average molecular weight is 302 g/mol. The van der Waals surface area contributed by atoms with Gasteiger partial charge < -0.3 is 19.5 Å².